The third-order valence-electron chi connectivity index (χ3n) is 1.50. The standard InChI is InChI=1S/C10H22O3/c1-5-7-11-9(3)13-10(4)12-8-6-2/h9-10H,5-8H2,1-4H3. The summed E-state index contributed by atoms with van der Waals surface area (Å²) in [6, 6.07) is 0. The molecule has 0 fully saturated rings. The third kappa shape index (κ3) is 8.22. The smallest absolute Gasteiger partial charge is 0.157 e. The van der Waals surface area contributed by atoms with Crippen molar-refractivity contribution in [1.29, 1.82) is 0 Å². The van der Waals surface area contributed by atoms with Gasteiger partial charge in [-0.25, -0.2) is 0 Å². The Kier molecular flexibility index (Phi) is 8.40. The molecular weight excluding hydrogens is 168 g/mol. The summed E-state index contributed by atoms with van der Waals surface area (Å²) in [5, 5.41) is 0. The highest BCUT2D eigenvalue weighted by atomic mass is 16.8. The highest BCUT2D eigenvalue weighted by molar-refractivity contribution is 4.37. The summed E-state index contributed by atoms with van der Waals surface area (Å²) in [4.78, 5) is 0. The molecule has 0 heterocycles. The van der Waals surface area contributed by atoms with Crippen LogP contribution in [0.5, 0.6) is 0 Å². The van der Waals surface area contributed by atoms with Crippen LogP contribution in [0.2, 0.25) is 0 Å². The highest BCUT2D eigenvalue weighted by Gasteiger charge is 2.07. The topological polar surface area (TPSA) is 27.7 Å². The number of hydrogen-bond donors (Lipinski definition) is 0. The van der Waals surface area contributed by atoms with Crippen molar-refractivity contribution in [3.63, 3.8) is 0 Å². The molecule has 0 N–H and O–H groups in total. The molecule has 0 aliphatic carbocycles. The highest BCUT2D eigenvalue weighted by Crippen LogP contribution is 2.02. The molecule has 2 unspecified atom stereocenters. The Balaban J connectivity index is 3.35. The Hall–Kier alpha value is -0.120. The predicted molar refractivity (Wildman–Crippen MR) is 52.5 cm³/mol. The predicted octanol–water partition coefficient (Wildman–Crippen LogP) is 2.55. The average Bonchev–Trinajstić information content (AvgIpc) is 2.11. The normalized spacial score (nSPS) is 15.7. The van der Waals surface area contributed by atoms with E-state index in [0.29, 0.717) is 0 Å². The van der Waals surface area contributed by atoms with E-state index in [2.05, 4.69) is 13.8 Å². The van der Waals surface area contributed by atoms with Gasteiger partial charge in [-0.2, -0.15) is 0 Å². The van der Waals surface area contributed by atoms with E-state index >= 15 is 0 Å². The van der Waals surface area contributed by atoms with Gasteiger partial charge in [0, 0.05) is 13.2 Å². The van der Waals surface area contributed by atoms with Crippen LogP contribution in [-0.2, 0) is 14.2 Å². The van der Waals surface area contributed by atoms with Gasteiger partial charge in [0.1, 0.15) is 0 Å². The maximum absolute atomic E-state index is 5.41. The molecule has 0 saturated carbocycles. The van der Waals surface area contributed by atoms with Crippen molar-refractivity contribution in [1.82, 2.24) is 0 Å². The van der Waals surface area contributed by atoms with Gasteiger partial charge in [0.05, 0.1) is 0 Å². The molecule has 0 saturated heterocycles. The number of hydrogen-bond acceptors (Lipinski definition) is 3. The molecule has 2 atom stereocenters. The van der Waals surface area contributed by atoms with E-state index in [0.717, 1.165) is 26.1 Å². The van der Waals surface area contributed by atoms with Crippen LogP contribution in [0.25, 0.3) is 0 Å². The Bertz CT molecular complexity index is 94.3. The summed E-state index contributed by atoms with van der Waals surface area (Å²) in [6.07, 6.45) is 1.68. The molecule has 0 spiro atoms. The van der Waals surface area contributed by atoms with E-state index in [1.165, 1.54) is 0 Å². The summed E-state index contributed by atoms with van der Waals surface area (Å²) in [5.74, 6) is 0. The lowest BCUT2D eigenvalue weighted by Gasteiger charge is -2.19. The summed E-state index contributed by atoms with van der Waals surface area (Å²) in [5.41, 5.74) is 0. The van der Waals surface area contributed by atoms with Gasteiger partial charge in [-0.15, -0.1) is 0 Å². The van der Waals surface area contributed by atoms with E-state index in [9.17, 15) is 0 Å². The van der Waals surface area contributed by atoms with Crippen LogP contribution in [0, 0.1) is 0 Å². The lowest BCUT2D eigenvalue weighted by molar-refractivity contribution is -0.231. The zero-order valence-corrected chi connectivity index (χ0v) is 9.21. The molecule has 3 nitrogen and oxygen atoms in total. The number of rotatable bonds is 8. The van der Waals surface area contributed by atoms with Gasteiger partial charge >= 0.3 is 0 Å². The quantitative estimate of drug-likeness (QED) is 0.550. The van der Waals surface area contributed by atoms with Gasteiger partial charge < -0.3 is 14.2 Å². The summed E-state index contributed by atoms with van der Waals surface area (Å²) in [7, 11) is 0. The molecule has 0 rings (SSSR count). The fourth-order valence-corrected chi connectivity index (χ4v) is 0.916. The van der Waals surface area contributed by atoms with Gasteiger partial charge in [-0.1, -0.05) is 13.8 Å². The minimum Gasteiger partial charge on any atom is -0.353 e. The lowest BCUT2D eigenvalue weighted by atomic mass is 10.5. The van der Waals surface area contributed by atoms with E-state index < -0.39 is 0 Å². The second kappa shape index (κ2) is 8.48. The average molecular weight is 190 g/mol. The Morgan fingerprint density at radius 3 is 1.54 bits per heavy atom. The first-order valence-electron chi connectivity index (χ1n) is 5.09. The molecule has 3 heteroatoms. The Morgan fingerprint density at radius 2 is 1.23 bits per heavy atom. The molecule has 0 bridgehead atoms. The lowest BCUT2D eigenvalue weighted by Crippen LogP contribution is -2.22. The minimum atomic E-state index is -0.174. The molecule has 0 aliphatic heterocycles. The maximum Gasteiger partial charge on any atom is 0.157 e. The molecule has 0 aromatic heterocycles. The molecule has 0 amide bonds. The van der Waals surface area contributed by atoms with Gasteiger partial charge in [-0.3, -0.25) is 0 Å². The van der Waals surface area contributed by atoms with Crippen LogP contribution in [-0.4, -0.2) is 25.8 Å². The molecule has 0 aromatic rings. The maximum atomic E-state index is 5.41. The molecule has 0 aliphatic rings. The fourth-order valence-electron chi connectivity index (χ4n) is 0.916. The van der Waals surface area contributed by atoms with Crippen molar-refractivity contribution >= 4 is 0 Å². The number of ether oxygens (including phenoxy) is 3. The first-order valence-corrected chi connectivity index (χ1v) is 5.09. The second-order valence-corrected chi connectivity index (χ2v) is 3.01. The van der Waals surface area contributed by atoms with Crippen LogP contribution in [0.4, 0.5) is 0 Å². The third-order valence-corrected chi connectivity index (χ3v) is 1.50. The summed E-state index contributed by atoms with van der Waals surface area (Å²) in [6.45, 7) is 9.40. The van der Waals surface area contributed by atoms with Gasteiger partial charge in [0.15, 0.2) is 12.6 Å². The summed E-state index contributed by atoms with van der Waals surface area (Å²) < 4.78 is 16.1. The van der Waals surface area contributed by atoms with Crippen molar-refractivity contribution in [2.24, 2.45) is 0 Å². The van der Waals surface area contributed by atoms with Gasteiger partial charge in [0.2, 0.25) is 0 Å². The first kappa shape index (κ1) is 12.9. The first-order chi connectivity index (χ1) is 6.20. The molecular formula is C10H22O3. The monoisotopic (exact) mass is 190 g/mol. The fraction of sp³-hybridized carbons (Fsp3) is 1.00. The van der Waals surface area contributed by atoms with E-state index in [4.69, 9.17) is 14.2 Å². The molecule has 13 heavy (non-hydrogen) atoms. The van der Waals surface area contributed by atoms with Crippen molar-refractivity contribution in [2.45, 2.75) is 53.1 Å². The Morgan fingerprint density at radius 1 is 0.846 bits per heavy atom. The largest absolute Gasteiger partial charge is 0.353 e. The van der Waals surface area contributed by atoms with E-state index in [1.54, 1.807) is 0 Å². The minimum absolute atomic E-state index is 0.174. The van der Waals surface area contributed by atoms with E-state index in [1.807, 2.05) is 13.8 Å². The molecule has 0 radical (unpaired) electrons. The zero-order valence-electron chi connectivity index (χ0n) is 9.21. The van der Waals surface area contributed by atoms with E-state index in [-0.39, 0.29) is 12.6 Å². The molecule has 0 aromatic carbocycles. The second-order valence-electron chi connectivity index (χ2n) is 3.01. The van der Waals surface area contributed by atoms with Crippen LogP contribution in [0.1, 0.15) is 40.5 Å². The van der Waals surface area contributed by atoms with Crippen LogP contribution >= 0.6 is 0 Å². The zero-order chi connectivity index (χ0) is 10.1. The van der Waals surface area contributed by atoms with Crippen LogP contribution in [0.15, 0.2) is 0 Å². The SMILES string of the molecule is CCCOC(C)OC(C)OCCC. The van der Waals surface area contributed by atoms with Crippen molar-refractivity contribution in [3.05, 3.63) is 0 Å². The van der Waals surface area contributed by atoms with Crippen LogP contribution in [0.3, 0.4) is 0 Å². The van der Waals surface area contributed by atoms with Crippen molar-refractivity contribution in [2.75, 3.05) is 13.2 Å². The van der Waals surface area contributed by atoms with Crippen molar-refractivity contribution in [3.8, 4) is 0 Å². The van der Waals surface area contributed by atoms with Gasteiger partial charge in [-0.05, 0) is 26.7 Å². The Labute approximate surface area is 81.4 Å². The summed E-state index contributed by atoms with van der Waals surface area (Å²) >= 11 is 0. The van der Waals surface area contributed by atoms with Crippen LogP contribution < -0.4 is 0 Å². The van der Waals surface area contributed by atoms with Crippen molar-refractivity contribution < 1.29 is 14.2 Å². The van der Waals surface area contributed by atoms with Gasteiger partial charge in [0.25, 0.3) is 0 Å². The molecule has 80 valence electrons.